The standard InChI is InChI=1S/C21H23N3/c1-2-3-4-8-11-21-23-15-19(16-24-21)18-12-13-20(22-14-18)17-9-6-5-7-10-17/h5-7,9-10,12-16H,2-4,8,11H2,1H3. The number of rotatable bonds is 7. The van der Waals surface area contributed by atoms with Gasteiger partial charge in [-0.25, -0.2) is 9.97 Å². The van der Waals surface area contributed by atoms with Gasteiger partial charge in [0.25, 0.3) is 0 Å². The largest absolute Gasteiger partial charge is 0.256 e. The van der Waals surface area contributed by atoms with Crippen molar-refractivity contribution in [1.82, 2.24) is 15.0 Å². The van der Waals surface area contributed by atoms with Crippen molar-refractivity contribution in [2.45, 2.75) is 39.0 Å². The molecular formula is C21H23N3. The van der Waals surface area contributed by atoms with E-state index < -0.39 is 0 Å². The second-order valence-electron chi connectivity index (χ2n) is 6.00. The minimum Gasteiger partial charge on any atom is -0.256 e. The Morgan fingerprint density at radius 3 is 2.08 bits per heavy atom. The van der Waals surface area contributed by atoms with Crippen molar-refractivity contribution < 1.29 is 0 Å². The Balaban J connectivity index is 1.66. The summed E-state index contributed by atoms with van der Waals surface area (Å²) in [6.07, 6.45) is 11.6. The highest BCUT2D eigenvalue weighted by Crippen LogP contribution is 2.21. The number of hydrogen-bond donors (Lipinski definition) is 0. The number of pyridine rings is 1. The van der Waals surface area contributed by atoms with Gasteiger partial charge in [-0.3, -0.25) is 4.98 Å². The maximum Gasteiger partial charge on any atom is 0.128 e. The van der Waals surface area contributed by atoms with Gasteiger partial charge in [0.2, 0.25) is 0 Å². The molecule has 0 aliphatic carbocycles. The first-order valence-corrected chi connectivity index (χ1v) is 8.69. The van der Waals surface area contributed by atoms with E-state index in [4.69, 9.17) is 0 Å². The first kappa shape index (κ1) is 16.3. The lowest BCUT2D eigenvalue weighted by atomic mass is 10.1. The van der Waals surface area contributed by atoms with Crippen LogP contribution in [-0.4, -0.2) is 15.0 Å². The van der Waals surface area contributed by atoms with Crippen LogP contribution in [0.1, 0.15) is 38.4 Å². The molecule has 0 unspecified atom stereocenters. The van der Waals surface area contributed by atoms with Crippen molar-refractivity contribution in [3.8, 4) is 22.4 Å². The fourth-order valence-corrected chi connectivity index (χ4v) is 2.69. The van der Waals surface area contributed by atoms with Crippen LogP contribution in [0.25, 0.3) is 22.4 Å². The van der Waals surface area contributed by atoms with Crippen LogP contribution in [0.5, 0.6) is 0 Å². The van der Waals surface area contributed by atoms with E-state index in [1.54, 1.807) is 0 Å². The van der Waals surface area contributed by atoms with E-state index in [2.05, 4.69) is 40.1 Å². The van der Waals surface area contributed by atoms with Crippen LogP contribution in [0, 0.1) is 0 Å². The van der Waals surface area contributed by atoms with Gasteiger partial charge in [0.05, 0.1) is 5.69 Å². The average Bonchev–Trinajstić information content (AvgIpc) is 2.67. The van der Waals surface area contributed by atoms with E-state index in [0.717, 1.165) is 34.6 Å². The smallest absolute Gasteiger partial charge is 0.128 e. The van der Waals surface area contributed by atoms with Gasteiger partial charge in [0, 0.05) is 41.7 Å². The lowest BCUT2D eigenvalue weighted by Gasteiger charge is -2.05. The first-order chi connectivity index (χ1) is 11.9. The predicted molar refractivity (Wildman–Crippen MR) is 98.5 cm³/mol. The van der Waals surface area contributed by atoms with E-state index in [0.29, 0.717) is 0 Å². The third kappa shape index (κ3) is 4.25. The van der Waals surface area contributed by atoms with Gasteiger partial charge in [-0.2, -0.15) is 0 Å². The van der Waals surface area contributed by atoms with Gasteiger partial charge in [-0.05, 0) is 12.5 Å². The monoisotopic (exact) mass is 317 g/mol. The van der Waals surface area contributed by atoms with E-state index in [1.807, 2.05) is 42.9 Å². The molecule has 3 rings (SSSR count). The Labute approximate surface area is 143 Å². The lowest BCUT2D eigenvalue weighted by Crippen LogP contribution is -1.95. The Kier molecular flexibility index (Phi) is 5.67. The molecule has 0 fully saturated rings. The zero-order valence-corrected chi connectivity index (χ0v) is 14.2. The van der Waals surface area contributed by atoms with Crippen LogP contribution in [0.2, 0.25) is 0 Å². The van der Waals surface area contributed by atoms with E-state index in [9.17, 15) is 0 Å². The van der Waals surface area contributed by atoms with Gasteiger partial charge < -0.3 is 0 Å². The molecule has 24 heavy (non-hydrogen) atoms. The topological polar surface area (TPSA) is 38.7 Å². The number of benzene rings is 1. The molecule has 0 saturated carbocycles. The van der Waals surface area contributed by atoms with Crippen molar-refractivity contribution in [1.29, 1.82) is 0 Å². The number of hydrogen-bond acceptors (Lipinski definition) is 3. The van der Waals surface area contributed by atoms with Crippen LogP contribution >= 0.6 is 0 Å². The van der Waals surface area contributed by atoms with Crippen LogP contribution in [-0.2, 0) is 6.42 Å². The van der Waals surface area contributed by atoms with Gasteiger partial charge >= 0.3 is 0 Å². The predicted octanol–water partition coefficient (Wildman–Crippen LogP) is 5.33. The quantitative estimate of drug-likeness (QED) is 0.553. The molecule has 2 heterocycles. The lowest BCUT2D eigenvalue weighted by molar-refractivity contribution is 0.652. The molecule has 0 N–H and O–H groups in total. The number of nitrogens with zero attached hydrogens (tertiary/aromatic N) is 3. The Morgan fingerprint density at radius 2 is 1.42 bits per heavy atom. The summed E-state index contributed by atoms with van der Waals surface area (Å²) in [5, 5.41) is 0. The molecule has 122 valence electrons. The molecular weight excluding hydrogens is 294 g/mol. The minimum atomic E-state index is 0.934. The number of aromatic nitrogens is 3. The summed E-state index contributed by atoms with van der Waals surface area (Å²) in [5.41, 5.74) is 4.17. The molecule has 0 saturated heterocycles. The molecule has 3 heteroatoms. The third-order valence-electron chi connectivity index (χ3n) is 4.13. The second kappa shape index (κ2) is 8.34. The van der Waals surface area contributed by atoms with E-state index in [1.165, 1.54) is 25.7 Å². The highest BCUT2D eigenvalue weighted by molar-refractivity contribution is 5.65. The number of unbranched alkanes of at least 4 members (excludes halogenated alkanes) is 3. The van der Waals surface area contributed by atoms with Crippen molar-refractivity contribution in [2.75, 3.05) is 0 Å². The van der Waals surface area contributed by atoms with Crippen molar-refractivity contribution >= 4 is 0 Å². The van der Waals surface area contributed by atoms with E-state index >= 15 is 0 Å². The highest BCUT2D eigenvalue weighted by atomic mass is 14.9. The molecule has 0 aliphatic rings. The fourth-order valence-electron chi connectivity index (χ4n) is 2.69. The molecule has 0 bridgehead atoms. The van der Waals surface area contributed by atoms with Crippen LogP contribution in [0.4, 0.5) is 0 Å². The maximum atomic E-state index is 4.56. The van der Waals surface area contributed by atoms with Gasteiger partial charge in [-0.15, -0.1) is 0 Å². The molecule has 0 radical (unpaired) electrons. The minimum absolute atomic E-state index is 0.934. The molecule has 0 spiro atoms. The second-order valence-corrected chi connectivity index (χ2v) is 6.00. The normalized spacial score (nSPS) is 10.7. The molecule has 0 aliphatic heterocycles. The molecule has 0 atom stereocenters. The van der Waals surface area contributed by atoms with Crippen molar-refractivity contribution in [2.24, 2.45) is 0 Å². The summed E-state index contributed by atoms with van der Waals surface area (Å²) in [4.78, 5) is 13.6. The van der Waals surface area contributed by atoms with Gasteiger partial charge in [0.15, 0.2) is 0 Å². The molecule has 1 aromatic carbocycles. The van der Waals surface area contributed by atoms with Crippen molar-refractivity contribution in [3.05, 3.63) is 66.9 Å². The zero-order valence-electron chi connectivity index (χ0n) is 14.2. The summed E-state index contributed by atoms with van der Waals surface area (Å²) < 4.78 is 0. The van der Waals surface area contributed by atoms with Gasteiger partial charge in [-0.1, -0.05) is 62.6 Å². The first-order valence-electron chi connectivity index (χ1n) is 8.69. The molecule has 3 aromatic rings. The maximum absolute atomic E-state index is 4.56. The van der Waals surface area contributed by atoms with Crippen LogP contribution < -0.4 is 0 Å². The highest BCUT2D eigenvalue weighted by Gasteiger charge is 2.03. The van der Waals surface area contributed by atoms with Gasteiger partial charge in [0.1, 0.15) is 5.82 Å². The number of aryl methyl sites for hydroxylation is 1. The Hall–Kier alpha value is -2.55. The Morgan fingerprint density at radius 1 is 0.667 bits per heavy atom. The summed E-state index contributed by atoms with van der Waals surface area (Å²) in [6.45, 7) is 2.22. The van der Waals surface area contributed by atoms with Crippen LogP contribution in [0.15, 0.2) is 61.1 Å². The summed E-state index contributed by atoms with van der Waals surface area (Å²) in [5.74, 6) is 0.934. The fraction of sp³-hybridized carbons (Fsp3) is 0.286. The molecule has 2 aromatic heterocycles. The Bertz CT molecular complexity index is 734. The third-order valence-corrected chi connectivity index (χ3v) is 4.13. The SMILES string of the molecule is CCCCCCc1ncc(-c2ccc(-c3ccccc3)nc2)cn1. The van der Waals surface area contributed by atoms with Crippen molar-refractivity contribution in [3.63, 3.8) is 0 Å². The molecule has 3 nitrogen and oxygen atoms in total. The zero-order chi connectivity index (χ0) is 16.6. The summed E-state index contributed by atoms with van der Waals surface area (Å²) in [7, 11) is 0. The van der Waals surface area contributed by atoms with E-state index in [-0.39, 0.29) is 0 Å². The summed E-state index contributed by atoms with van der Waals surface area (Å²) >= 11 is 0. The molecule has 0 amide bonds. The average molecular weight is 317 g/mol. The van der Waals surface area contributed by atoms with Crippen LogP contribution in [0.3, 0.4) is 0 Å². The summed E-state index contributed by atoms with van der Waals surface area (Å²) in [6, 6.07) is 14.3.